The van der Waals surface area contributed by atoms with Crippen LogP contribution in [0.3, 0.4) is 0 Å². The van der Waals surface area contributed by atoms with Crippen molar-refractivity contribution >= 4 is 23.7 Å². The lowest BCUT2D eigenvalue weighted by Crippen LogP contribution is -2.06. The molecule has 0 spiro atoms. The van der Waals surface area contributed by atoms with Crippen LogP contribution in [0.4, 0.5) is 10.1 Å². The highest BCUT2D eigenvalue weighted by atomic mass is 19.1. The highest BCUT2D eigenvalue weighted by molar-refractivity contribution is 5.92. The zero-order chi connectivity index (χ0) is 16.0. The number of nitrogens with zero attached hydrogens (tertiary/aromatic N) is 1. The molecule has 0 saturated heterocycles. The van der Waals surface area contributed by atoms with Gasteiger partial charge in [-0.25, -0.2) is 14.0 Å². The van der Waals surface area contributed by atoms with Gasteiger partial charge >= 0.3 is 11.9 Å². The summed E-state index contributed by atoms with van der Waals surface area (Å²) in [5.74, 6) is -2.74. The van der Waals surface area contributed by atoms with Crippen LogP contribution in [0.1, 0.15) is 22.8 Å². The van der Waals surface area contributed by atoms with Gasteiger partial charge < -0.3 is 9.47 Å². The maximum Gasteiger partial charge on any atom is 0.341 e. The van der Waals surface area contributed by atoms with E-state index < -0.39 is 33.9 Å². The van der Waals surface area contributed by atoms with Crippen molar-refractivity contribution < 1.29 is 28.4 Å². The van der Waals surface area contributed by atoms with Gasteiger partial charge in [-0.05, 0) is 19.1 Å². The molecule has 1 aromatic carbocycles. The highest BCUT2D eigenvalue weighted by Crippen LogP contribution is 2.25. The molecule has 7 nitrogen and oxygen atoms in total. The van der Waals surface area contributed by atoms with E-state index in [2.05, 4.69) is 9.47 Å². The first kappa shape index (κ1) is 16.3. The molecular formula is C13H12FNO6. The molecule has 1 aromatic rings. The molecule has 0 saturated carbocycles. The quantitative estimate of drug-likeness (QED) is 0.357. The van der Waals surface area contributed by atoms with Crippen LogP contribution in [-0.2, 0) is 14.3 Å². The number of carbonyl (C=O) groups excluding carboxylic acids is 2. The van der Waals surface area contributed by atoms with Crippen molar-refractivity contribution in [2.45, 2.75) is 6.92 Å². The van der Waals surface area contributed by atoms with Crippen LogP contribution in [-0.4, -0.2) is 30.6 Å². The zero-order valence-electron chi connectivity index (χ0n) is 11.3. The molecule has 8 heteroatoms. The number of hydrogen-bond acceptors (Lipinski definition) is 6. The Morgan fingerprint density at radius 3 is 2.62 bits per heavy atom. The van der Waals surface area contributed by atoms with Crippen molar-refractivity contribution in [2.75, 3.05) is 13.7 Å². The van der Waals surface area contributed by atoms with E-state index in [1.807, 2.05) is 0 Å². The number of carbonyl (C=O) groups is 2. The maximum atomic E-state index is 13.7. The summed E-state index contributed by atoms with van der Waals surface area (Å²) in [4.78, 5) is 32.6. The van der Waals surface area contributed by atoms with E-state index in [9.17, 15) is 24.1 Å². The Labute approximate surface area is 119 Å². The van der Waals surface area contributed by atoms with E-state index in [0.29, 0.717) is 0 Å². The third kappa shape index (κ3) is 4.10. The lowest BCUT2D eigenvalue weighted by molar-refractivity contribution is -0.385. The second-order valence-corrected chi connectivity index (χ2v) is 3.72. The molecule has 0 bridgehead atoms. The van der Waals surface area contributed by atoms with Crippen molar-refractivity contribution in [1.29, 1.82) is 0 Å². The van der Waals surface area contributed by atoms with Crippen molar-refractivity contribution in [2.24, 2.45) is 0 Å². The number of hydrogen-bond donors (Lipinski definition) is 0. The van der Waals surface area contributed by atoms with Gasteiger partial charge in [-0.15, -0.1) is 0 Å². The van der Waals surface area contributed by atoms with Crippen molar-refractivity contribution in [3.05, 3.63) is 45.3 Å². The lowest BCUT2D eigenvalue weighted by Gasteiger charge is -2.04. The van der Waals surface area contributed by atoms with Gasteiger partial charge in [0, 0.05) is 12.1 Å². The minimum absolute atomic E-state index is 0.140. The van der Waals surface area contributed by atoms with Gasteiger partial charge in [0.25, 0.3) is 5.69 Å². The average molecular weight is 297 g/mol. The zero-order valence-corrected chi connectivity index (χ0v) is 11.3. The molecule has 112 valence electrons. The summed E-state index contributed by atoms with van der Waals surface area (Å²) in [5.41, 5.74) is -1.26. The Kier molecular flexibility index (Phi) is 5.53. The number of halogens is 1. The minimum Gasteiger partial charge on any atom is -0.465 e. The monoisotopic (exact) mass is 297 g/mol. The van der Waals surface area contributed by atoms with Crippen LogP contribution in [0.25, 0.3) is 6.08 Å². The number of esters is 2. The second-order valence-electron chi connectivity index (χ2n) is 3.72. The van der Waals surface area contributed by atoms with Gasteiger partial charge in [-0.1, -0.05) is 0 Å². The molecular weight excluding hydrogens is 285 g/mol. The fourth-order valence-electron chi connectivity index (χ4n) is 1.48. The molecule has 0 aliphatic carbocycles. The summed E-state index contributed by atoms with van der Waals surface area (Å²) in [7, 11) is 1.03. The number of nitro groups is 1. The van der Waals surface area contributed by atoms with E-state index in [1.54, 1.807) is 6.92 Å². The largest absolute Gasteiger partial charge is 0.465 e. The summed E-state index contributed by atoms with van der Waals surface area (Å²) in [6.07, 6.45) is 1.98. The number of ether oxygens (including phenoxy) is 2. The Hall–Kier alpha value is -2.77. The van der Waals surface area contributed by atoms with Crippen LogP contribution in [0.2, 0.25) is 0 Å². The van der Waals surface area contributed by atoms with E-state index in [-0.39, 0.29) is 12.2 Å². The van der Waals surface area contributed by atoms with Gasteiger partial charge in [-0.2, -0.15) is 0 Å². The normalized spacial score (nSPS) is 10.4. The summed E-state index contributed by atoms with van der Waals surface area (Å²) in [5, 5.41) is 10.9. The Morgan fingerprint density at radius 2 is 2.10 bits per heavy atom. The Bertz CT molecular complexity index is 611. The van der Waals surface area contributed by atoms with Gasteiger partial charge in [0.05, 0.1) is 24.2 Å². The molecule has 0 unspecified atom stereocenters. The van der Waals surface area contributed by atoms with Crippen molar-refractivity contribution in [3.8, 4) is 0 Å². The van der Waals surface area contributed by atoms with E-state index >= 15 is 0 Å². The first-order chi connectivity index (χ1) is 9.90. The van der Waals surface area contributed by atoms with Crippen LogP contribution in [0.15, 0.2) is 18.2 Å². The SMILES string of the molecule is CCOC(=O)/C=C/c1cc(F)c(C(=O)OC)cc1[N+](=O)[O-]. The van der Waals surface area contributed by atoms with Gasteiger partial charge in [0.2, 0.25) is 0 Å². The molecule has 0 atom stereocenters. The molecule has 0 N–H and O–H groups in total. The number of methoxy groups -OCH3 is 1. The number of nitro benzene ring substituents is 1. The molecule has 1 rings (SSSR count). The van der Waals surface area contributed by atoms with Crippen molar-refractivity contribution in [3.63, 3.8) is 0 Å². The molecule has 0 amide bonds. The molecule has 0 fully saturated rings. The molecule has 0 heterocycles. The first-order valence-electron chi connectivity index (χ1n) is 5.81. The van der Waals surface area contributed by atoms with Gasteiger partial charge in [-0.3, -0.25) is 10.1 Å². The summed E-state index contributed by atoms with van der Waals surface area (Å²) >= 11 is 0. The molecule has 0 aliphatic rings. The fraction of sp³-hybridized carbons (Fsp3) is 0.231. The first-order valence-corrected chi connectivity index (χ1v) is 5.81. The van der Waals surface area contributed by atoms with E-state index in [4.69, 9.17) is 0 Å². The third-order valence-electron chi connectivity index (χ3n) is 2.40. The predicted molar refractivity (Wildman–Crippen MR) is 70.1 cm³/mol. The molecule has 21 heavy (non-hydrogen) atoms. The topological polar surface area (TPSA) is 95.7 Å². The van der Waals surface area contributed by atoms with E-state index in [1.165, 1.54) is 0 Å². The summed E-state index contributed by atoms with van der Waals surface area (Å²) in [6.45, 7) is 1.74. The maximum absolute atomic E-state index is 13.7. The van der Waals surface area contributed by atoms with Crippen LogP contribution in [0, 0.1) is 15.9 Å². The Morgan fingerprint density at radius 1 is 1.43 bits per heavy atom. The van der Waals surface area contributed by atoms with Gasteiger partial charge in [0.1, 0.15) is 11.4 Å². The smallest absolute Gasteiger partial charge is 0.341 e. The average Bonchev–Trinajstić information content (AvgIpc) is 2.44. The Balaban J connectivity index is 3.26. The van der Waals surface area contributed by atoms with E-state index in [0.717, 1.165) is 31.4 Å². The third-order valence-corrected chi connectivity index (χ3v) is 2.40. The highest BCUT2D eigenvalue weighted by Gasteiger charge is 2.21. The summed E-state index contributed by atoms with van der Waals surface area (Å²) < 4.78 is 22.7. The molecule has 0 aliphatic heterocycles. The number of benzene rings is 1. The van der Waals surface area contributed by atoms with Crippen LogP contribution in [0.5, 0.6) is 0 Å². The van der Waals surface area contributed by atoms with Crippen LogP contribution < -0.4 is 0 Å². The fourth-order valence-corrected chi connectivity index (χ4v) is 1.48. The van der Waals surface area contributed by atoms with Crippen LogP contribution >= 0.6 is 0 Å². The minimum atomic E-state index is -1.03. The van der Waals surface area contributed by atoms with Gasteiger partial charge in [0.15, 0.2) is 0 Å². The lowest BCUT2D eigenvalue weighted by atomic mass is 10.1. The molecule has 0 radical (unpaired) electrons. The predicted octanol–water partition coefficient (Wildman–Crippen LogP) is 2.10. The standard InChI is InChI=1S/C13H12FNO6/c1-3-21-12(16)5-4-8-6-10(14)9(13(17)20-2)7-11(8)15(18)19/h4-7H,3H2,1-2H3/b5-4+. The summed E-state index contributed by atoms with van der Waals surface area (Å²) in [6, 6.07) is 1.53. The second kappa shape index (κ2) is 7.13. The van der Waals surface area contributed by atoms with Crippen molar-refractivity contribution in [1.82, 2.24) is 0 Å². The number of rotatable bonds is 5. The molecule has 0 aromatic heterocycles.